The van der Waals surface area contributed by atoms with Crippen molar-refractivity contribution in [3.05, 3.63) is 84.6 Å². The third-order valence-electron chi connectivity index (χ3n) is 3.78. The molecule has 0 aliphatic carbocycles. The maximum atomic E-state index is 4.43. The average Bonchev–Trinajstić information content (AvgIpc) is 2.69. The maximum absolute atomic E-state index is 4.43. The molecular formula is C20H15N5. The standard InChI is InChI=1S/C20H15N5/c1-2-7-17(8-3-1)19-14-22-25-20(23-19)24-21-13-15-10-11-16-6-4-5-9-18(16)12-15/h1-14H,(H,23,24,25)/b21-13-. The second-order valence-electron chi connectivity index (χ2n) is 5.51. The summed E-state index contributed by atoms with van der Waals surface area (Å²) in [5.41, 5.74) is 5.57. The lowest BCUT2D eigenvalue weighted by Crippen LogP contribution is -1.99. The number of fused-ring (bicyclic) bond motifs is 1. The van der Waals surface area contributed by atoms with Crippen LogP contribution in [0.1, 0.15) is 5.56 Å². The van der Waals surface area contributed by atoms with Crippen molar-refractivity contribution in [2.24, 2.45) is 5.10 Å². The van der Waals surface area contributed by atoms with Crippen LogP contribution in [0.4, 0.5) is 5.95 Å². The number of anilines is 1. The molecule has 0 bridgehead atoms. The lowest BCUT2D eigenvalue weighted by molar-refractivity contribution is 0.967. The number of aromatic nitrogens is 3. The molecule has 4 aromatic rings. The summed E-state index contributed by atoms with van der Waals surface area (Å²) in [6.07, 6.45) is 3.37. The second kappa shape index (κ2) is 6.88. The summed E-state index contributed by atoms with van der Waals surface area (Å²) in [5, 5.41) is 14.5. The Morgan fingerprint density at radius 3 is 2.52 bits per heavy atom. The zero-order valence-electron chi connectivity index (χ0n) is 13.4. The molecular weight excluding hydrogens is 310 g/mol. The Bertz CT molecular complexity index is 1030. The van der Waals surface area contributed by atoms with Crippen molar-refractivity contribution in [3.8, 4) is 11.3 Å². The Labute approximate surface area is 145 Å². The highest BCUT2D eigenvalue weighted by molar-refractivity contribution is 5.90. The lowest BCUT2D eigenvalue weighted by atomic mass is 10.1. The highest BCUT2D eigenvalue weighted by atomic mass is 15.4. The predicted octanol–water partition coefficient (Wildman–Crippen LogP) is 4.14. The van der Waals surface area contributed by atoms with Crippen molar-refractivity contribution in [2.45, 2.75) is 0 Å². The van der Waals surface area contributed by atoms with Crippen LogP contribution in [-0.2, 0) is 0 Å². The third-order valence-corrected chi connectivity index (χ3v) is 3.78. The zero-order valence-corrected chi connectivity index (χ0v) is 13.4. The molecule has 1 aromatic heterocycles. The molecule has 0 atom stereocenters. The van der Waals surface area contributed by atoms with Gasteiger partial charge in [-0.15, -0.1) is 5.10 Å². The normalized spacial score (nSPS) is 11.0. The van der Waals surface area contributed by atoms with Crippen LogP contribution in [0.15, 0.2) is 84.1 Å². The molecule has 0 saturated carbocycles. The number of nitrogens with one attached hydrogen (secondary N) is 1. The van der Waals surface area contributed by atoms with Crippen LogP contribution in [0.5, 0.6) is 0 Å². The maximum Gasteiger partial charge on any atom is 0.263 e. The minimum atomic E-state index is 0.360. The smallest absolute Gasteiger partial charge is 0.244 e. The van der Waals surface area contributed by atoms with E-state index in [-0.39, 0.29) is 0 Å². The highest BCUT2D eigenvalue weighted by Crippen LogP contribution is 2.16. The van der Waals surface area contributed by atoms with Crippen molar-refractivity contribution in [1.29, 1.82) is 0 Å². The van der Waals surface area contributed by atoms with Crippen molar-refractivity contribution < 1.29 is 0 Å². The van der Waals surface area contributed by atoms with E-state index < -0.39 is 0 Å². The Morgan fingerprint density at radius 1 is 0.840 bits per heavy atom. The van der Waals surface area contributed by atoms with Gasteiger partial charge in [-0.05, 0) is 22.4 Å². The first kappa shape index (κ1) is 15.0. The van der Waals surface area contributed by atoms with Crippen LogP contribution < -0.4 is 5.43 Å². The van der Waals surface area contributed by atoms with Gasteiger partial charge in [-0.3, -0.25) is 0 Å². The topological polar surface area (TPSA) is 63.1 Å². The van der Waals surface area contributed by atoms with Crippen molar-refractivity contribution >= 4 is 22.9 Å². The molecule has 0 fully saturated rings. The fourth-order valence-corrected chi connectivity index (χ4v) is 2.55. The summed E-state index contributed by atoms with van der Waals surface area (Å²) in [4.78, 5) is 4.43. The number of hydrazone groups is 1. The molecule has 25 heavy (non-hydrogen) atoms. The van der Waals surface area contributed by atoms with Crippen LogP contribution in [0, 0.1) is 0 Å². The van der Waals surface area contributed by atoms with Gasteiger partial charge < -0.3 is 0 Å². The molecule has 4 rings (SSSR count). The minimum Gasteiger partial charge on any atom is -0.244 e. The van der Waals surface area contributed by atoms with Gasteiger partial charge in [-0.1, -0.05) is 66.7 Å². The fourth-order valence-electron chi connectivity index (χ4n) is 2.55. The average molecular weight is 325 g/mol. The van der Waals surface area contributed by atoms with Crippen molar-refractivity contribution in [2.75, 3.05) is 5.43 Å². The quantitative estimate of drug-likeness (QED) is 0.452. The highest BCUT2D eigenvalue weighted by Gasteiger charge is 2.01. The van der Waals surface area contributed by atoms with Crippen LogP contribution in [0.25, 0.3) is 22.0 Å². The van der Waals surface area contributed by atoms with E-state index in [1.54, 1.807) is 12.4 Å². The van der Waals surface area contributed by atoms with Gasteiger partial charge in [0.1, 0.15) is 0 Å². The molecule has 0 radical (unpaired) electrons. The van der Waals surface area contributed by atoms with Gasteiger partial charge in [0.25, 0.3) is 5.95 Å². The molecule has 0 amide bonds. The fraction of sp³-hybridized carbons (Fsp3) is 0. The summed E-state index contributed by atoms with van der Waals surface area (Å²) in [6.45, 7) is 0. The van der Waals surface area contributed by atoms with Gasteiger partial charge in [-0.2, -0.15) is 10.2 Å². The van der Waals surface area contributed by atoms with Crippen LogP contribution in [0.3, 0.4) is 0 Å². The monoisotopic (exact) mass is 325 g/mol. The molecule has 5 nitrogen and oxygen atoms in total. The lowest BCUT2D eigenvalue weighted by Gasteiger charge is -2.02. The number of rotatable bonds is 4. The Hall–Kier alpha value is -3.60. The Balaban J connectivity index is 1.51. The van der Waals surface area contributed by atoms with E-state index in [0.717, 1.165) is 16.8 Å². The van der Waals surface area contributed by atoms with Gasteiger partial charge in [0.05, 0.1) is 18.1 Å². The van der Waals surface area contributed by atoms with E-state index in [0.29, 0.717) is 5.95 Å². The first-order valence-electron chi connectivity index (χ1n) is 7.91. The number of nitrogens with zero attached hydrogens (tertiary/aromatic N) is 4. The third kappa shape index (κ3) is 3.50. The van der Waals surface area contributed by atoms with Gasteiger partial charge in [0, 0.05) is 5.56 Å². The van der Waals surface area contributed by atoms with Gasteiger partial charge in [-0.25, -0.2) is 10.4 Å². The number of benzene rings is 3. The zero-order chi connectivity index (χ0) is 16.9. The molecule has 5 heteroatoms. The van der Waals surface area contributed by atoms with E-state index >= 15 is 0 Å². The van der Waals surface area contributed by atoms with E-state index in [1.807, 2.05) is 48.5 Å². The summed E-state index contributed by atoms with van der Waals surface area (Å²) in [5.74, 6) is 0.360. The molecule has 0 aliphatic heterocycles. The van der Waals surface area contributed by atoms with E-state index in [4.69, 9.17) is 0 Å². The predicted molar refractivity (Wildman–Crippen MR) is 100 cm³/mol. The molecule has 120 valence electrons. The SMILES string of the molecule is C(=N/Nc1nncc(-c2ccccc2)n1)/c1ccc2ccccc2c1. The summed E-state index contributed by atoms with van der Waals surface area (Å²) < 4.78 is 0. The van der Waals surface area contributed by atoms with Crippen LogP contribution in [0.2, 0.25) is 0 Å². The largest absolute Gasteiger partial charge is 0.263 e. The van der Waals surface area contributed by atoms with Crippen molar-refractivity contribution in [3.63, 3.8) is 0 Å². The molecule has 0 spiro atoms. The summed E-state index contributed by atoms with van der Waals surface area (Å²) in [6, 6.07) is 24.2. The molecule has 0 aliphatic rings. The van der Waals surface area contributed by atoms with Crippen LogP contribution in [-0.4, -0.2) is 21.4 Å². The van der Waals surface area contributed by atoms with Crippen LogP contribution >= 0.6 is 0 Å². The summed E-state index contributed by atoms with van der Waals surface area (Å²) in [7, 11) is 0. The van der Waals surface area contributed by atoms with Gasteiger partial charge in [0.15, 0.2) is 0 Å². The number of hydrogen-bond acceptors (Lipinski definition) is 5. The van der Waals surface area contributed by atoms with Gasteiger partial charge in [0.2, 0.25) is 0 Å². The minimum absolute atomic E-state index is 0.360. The molecule has 1 heterocycles. The first-order chi connectivity index (χ1) is 12.4. The van der Waals surface area contributed by atoms with E-state index in [9.17, 15) is 0 Å². The molecule has 3 aromatic carbocycles. The molecule has 1 N–H and O–H groups in total. The summed E-state index contributed by atoms with van der Waals surface area (Å²) >= 11 is 0. The first-order valence-corrected chi connectivity index (χ1v) is 7.91. The van der Waals surface area contributed by atoms with Gasteiger partial charge >= 0.3 is 0 Å². The number of hydrogen-bond donors (Lipinski definition) is 1. The van der Waals surface area contributed by atoms with Crippen molar-refractivity contribution in [1.82, 2.24) is 15.2 Å². The Kier molecular flexibility index (Phi) is 4.12. The van der Waals surface area contributed by atoms with E-state index in [1.165, 1.54) is 10.8 Å². The second-order valence-corrected chi connectivity index (χ2v) is 5.51. The Morgan fingerprint density at radius 2 is 1.64 bits per heavy atom. The molecule has 0 saturated heterocycles. The van der Waals surface area contributed by atoms with E-state index in [2.05, 4.69) is 50.0 Å². The molecule has 0 unspecified atom stereocenters.